The Balaban J connectivity index is 1.60. The molecule has 1 N–H and O–H groups in total. The zero-order valence-electron chi connectivity index (χ0n) is 13.3. The third kappa shape index (κ3) is 2.33. The summed E-state index contributed by atoms with van der Waals surface area (Å²) in [5.74, 6) is -9.90. The first-order valence-electron chi connectivity index (χ1n) is 8.50. The van der Waals surface area contributed by atoms with Gasteiger partial charge in [-0.2, -0.15) is 17.6 Å². The van der Waals surface area contributed by atoms with E-state index in [0.29, 0.717) is 18.8 Å². The van der Waals surface area contributed by atoms with Gasteiger partial charge in [-0.3, -0.25) is 0 Å². The highest BCUT2D eigenvalue weighted by molar-refractivity contribution is 5.11. The molecule has 8 heteroatoms. The van der Waals surface area contributed by atoms with Gasteiger partial charge in [-0.1, -0.05) is 0 Å². The summed E-state index contributed by atoms with van der Waals surface area (Å²) in [6.45, 7) is -2.50. The van der Waals surface area contributed by atoms with E-state index in [1.54, 1.807) is 0 Å². The summed E-state index contributed by atoms with van der Waals surface area (Å²) >= 11 is 0. The Morgan fingerprint density at radius 2 is 1.46 bits per heavy atom. The van der Waals surface area contributed by atoms with Crippen LogP contribution < -0.4 is 0 Å². The second-order valence-corrected chi connectivity index (χ2v) is 7.81. The molecule has 24 heavy (non-hydrogen) atoms. The number of halogens is 4. The number of alkyl halides is 4. The standard InChI is InChI=1S/C16H22F4O4/c17-14(18)8-23-16(24-9-15(14,19)20)11-3-10-4-12(16)7-13(5-10,6-11)22-2-1-21/h10-12,21H,1-9H2. The minimum absolute atomic E-state index is 0.0850. The third-order valence-corrected chi connectivity index (χ3v) is 6.26. The summed E-state index contributed by atoms with van der Waals surface area (Å²) in [7, 11) is 0. The Morgan fingerprint density at radius 3 is 1.96 bits per heavy atom. The van der Waals surface area contributed by atoms with Gasteiger partial charge in [-0.25, -0.2) is 0 Å². The van der Waals surface area contributed by atoms with Crippen LogP contribution in [0.4, 0.5) is 17.6 Å². The van der Waals surface area contributed by atoms with Crippen LogP contribution in [0.5, 0.6) is 0 Å². The third-order valence-electron chi connectivity index (χ3n) is 6.26. The quantitative estimate of drug-likeness (QED) is 0.792. The van der Waals surface area contributed by atoms with Crippen molar-refractivity contribution < 1.29 is 36.9 Å². The van der Waals surface area contributed by atoms with Crippen molar-refractivity contribution in [2.45, 2.75) is 55.3 Å². The van der Waals surface area contributed by atoms with E-state index >= 15 is 0 Å². The molecule has 0 aromatic carbocycles. The number of hydrogen-bond donors (Lipinski definition) is 1. The molecule has 4 bridgehead atoms. The zero-order valence-corrected chi connectivity index (χ0v) is 13.3. The van der Waals surface area contributed by atoms with Gasteiger partial charge in [0.25, 0.3) is 0 Å². The predicted molar refractivity (Wildman–Crippen MR) is 73.9 cm³/mol. The monoisotopic (exact) mass is 354 g/mol. The van der Waals surface area contributed by atoms with Gasteiger partial charge in [-0.15, -0.1) is 0 Å². The lowest BCUT2D eigenvalue weighted by Crippen LogP contribution is -2.66. The molecule has 4 nitrogen and oxygen atoms in total. The second-order valence-electron chi connectivity index (χ2n) is 7.81. The molecule has 0 amide bonds. The molecule has 0 aromatic rings. The molecule has 1 spiro atoms. The van der Waals surface area contributed by atoms with Crippen LogP contribution in [0.25, 0.3) is 0 Å². The van der Waals surface area contributed by atoms with Crippen molar-refractivity contribution in [3.8, 4) is 0 Å². The fourth-order valence-corrected chi connectivity index (χ4v) is 5.42. The van der Waals surface area contributed by atoms with Crippen LogP contribution in [0, 0.1) is 17.8 Å². The van der Waals surface area contributed by atoms with E-state index in [-0.39, 0.29) is 25.0 Å². The summed E-state index contributed by atoms with van der Waals surface area (Å²) < 4.78 is 71.4. The van der Waals surface area contributed by atoms with Gasteiger partial charge >= 0.3 is 11.8 Å². The highest BCUT2D eigenvalue weighted by Gasteiger charge is 2.69. The summed E-state index contributed by atoms with van der Waals surface area (Å²) in [4.78, 5) is 0. The topological polar surface area (TPSA) is 47.9 Å². The molecular weight excluding hydrogens is 332 g/mol. The predicted octanol–water partition coefficient (Wildman–Crippen LogP) is 2.59. The maximum atomic E-state index is 13.7. The molecule has 138 valence electrons. The normalized spacial score (nSPS) is 44.6. The molecule has 1 saturated heterocycles. The number of ether oxygens (including phenoxy) is 3. The average Bonchev–Trinajstić information content (AvgIpc) is 2.60. The summed E-state index contributed by atoms with van der Waals surface area (Å²) in [5, 5.41) is 9.02. The highest BCUT2D eigenvalue weighted by Crippen LogP contribution is 2.63. The number of hydrogen-bond acceptors (Lipinski definition) is 4. The lowest BCUT2D eigenvalue weighted by atomic mass is 9.51. The van der Waals surface area contributed by atoms with Crippen molar-refractivity contribution in [3.05, 3.63) is 0 Å². The summed E-state index contributed by atoms with van der Waals surface area (Å²) in [6, 6.07) is 0. The van der Waals surface area contributed by atoms with Crippen molar-refractivity contribution >= 4 is 0 Å². The van der Waals surface area contributed by atoms with E-state index < -0.39 is 36.4 Å². The minimum Gasteiger partial charge on any atom is -0.394 e. The lowest BCUT2D eigenvalue weighted by Gasteiger charge is -2.63. The molecule has 1 heterocycles. The maximum absolute atomic E-state index is 13.7. The van der Waals surface area contributed by atoms with E-state index in [2.05, 4.69) is 0 Å². The molecule has 2 atom stereocenters. The molecule has 4 aliphatic carbocycles. The molecule has 5 rings (SSSR count). The maximum Gasteiger partial charge on any atom is 0.335 e. The fraction of sp³-hybridized carbons (Fsp3) is 1.00. The van der Waals surface area contributed by atoms with Gasteiger partial charge in [0.1, 0.15) is 13.2 Å². The van der Waals surface area contributed by atoms with Gasteiger partial charge in [-0.05, 0) is 38.0 Å². The zero-order chi connectivity index (χ0) is 17.2. The Kier molecular flexibility index (Phi) is 3.74. The lowest BCUT2D eigenvalue weighted by molar-refractivity contribution is -0.358. The minimum atomic E-state index is -4.23. The van der Waals surface area contributed by atoms with Gasteiger partial charge < -0.3 is 19.3 Å². The van der Waals surface area contributed by atoms with Gasteiger partial charge in [0.05, 0.1) is 18.8 Å². The van der Waals surface area contributed by atoms with Crippen molar-refractivity contribution in [2.75, 3.05) is 26.4 Å². The van der Waals surface area contributed by atoms with Crippen LogP contribution in [0.1, 0.15) is 32.1 Å². The SMILES string of the molecule is OCCOC12CC3CC(C1)C1(OCC(F)(F)C(F)(F)CO1)C(C3)C2. The van der Waals surface area contributed by atoms with E-state index in [1.807, 2.05) is 0 Å². The average molecular weight is 354 g/mol. The van der Waals surface area contributed by atoms with Crippen LogP contribution in [-0.2, 0) is 14.2 Å². The Hall–Kier alpha value is -0.440. The van der Waals surface area contributed by atoms with Crippen molar-refractivity contribution in [2.24, 2.45) is 17.8 Å². The number of rotatable bonds is 3. The van der Waals surface area contributed by atoms with Crippen molar-refractivity contribution in [1.82, 2.24) is 0 Å². The van der Waals surface area contributed by atoms with Crippen LogP contribution >= 0.6 is 0 Å². The fourth-order valence-electron chi connectivity index (χ4n) is 5.42. The van der Waals surface area contributed by atoms with Crippen molar-refractivity contribution in [3.63, 3.8) is 0 Å². The summed E-state index contributed by atoms with van der Waals surface area (Å²) in [6.07, 6.45) is 3.38. The first-order valence-corrected chi connectivity index (χ1v) is 8.50. The molecular formula is C16H22F4O4. The molecule has 0 aromatic heterocycles. The second kappa shape index (κ2) is 5.28. The Morgan fingerprint density at radius 1 is 0.917 bits per heavy atom. The van der Waals surface area contributed by atoms with Crippen LogP contribution in [-0.4, -0.2) is 54.8 Å². The molecule has 0 radical (unpaired) electrons. The van der Waals surface area contributed by atoms with Crippen molar-refractivity contribution in [1.29, 1.82) is 0 Å². The Labute approximate surface area is 137 Å². The van der Waals surface area contributed by atoms with E-state index in [1.165, 1.54) is 0 Å². The summed E-state index contributed by atoms with van der Waals surface area (Å²) in [5.41, 5.74) is -0.408. The molecule has 4 saturated carbocycles. The number of aliphatic hydroxyl groups is 1. The Bertz CT molecular complexity index is 476. The molecule has 1 aliphatic heterocycles. The number of aliphatic hydroxyl groups excluding tert-OH is 1. The first-order chi connectivity index (χ1) is 11.2. The highest BCUT2D eigenvalue weighted by atomic mass is 19.3. The smallest absolute Gasteiger partial charge is 0.335 e. The van der Waals surface area contributed by atoms with Crippen LogP contribution in [0.15, 0.2) is 0 Å². The van der Waals surface area contributed by atoms with Gasteiger partial charge in [0.2, 0.25) is 0 Å². The van der Waals surface area contributed by atoms with Crippen LogP contribution in [0.2, 0.25) is 0 Å². The molecule has 2 unspecified atom stereocenters. The first kappa shape index (κ1) is 17.0. The van der Waals surface area contributed by atoms with E-state index in [9.17, 15) is 17.6 Å². The molecule has 5 aliphatic rings. The largest absolute Gasteiger partial charge is 0.394 e. The van der Waals surface area contributed by atoms with E-state index in [4.69, 9.17) is 19.3 Å². The van der Waals surface area contributed by atoms with E-state index in [0.717, 1.165) is 19.3 Å². The van der Waals surface area contributed by atoms with Crippen LogP contribution in [0.3, 0.4) is 0 Å². The molecule has 5 fully saturated rings. The van der Waals surface area contributed by atoms with Gasteiger partial charge in [0.15, 0.2) is 5.79 Å². The van der Waals surface area contributed by atoms with Gasteiger partial charge in [0, 0.05) is 11.8 Å².